The molecule has 1 N–H and O–H groups in total. The van der Waals surface area contributed by atoms with Crippen LogP contribution in [0.1, 0.15) is 33.0 Å². The highest BCUT2D eigenvalue weighted by Gasteiger charge is 2.15. The van der Waals surface area contributed by atoms with E-state index in [1.54, 1.807) is 0 Å². The average molecular weight is 387 g/mol. The Balaban J connectivity index is 1.96. The molecule has 1 aromatic carbocycles. The number of nitrogens with zero attached hydrogens (tertiary/aromatic N) is 5. The molecular weight excluding hydrogens is 352 g/mol. The number of imidazole rings is 1. The van der Waals surface area contributed by atoms with Crippen molar-refractivity contribution in [3.63, 3.8) is 0 Å². The predicted molar refractivity (Wildman–Crippen MR) is 116 cm³/mol. The Morgan fingerprint density at radius 3 is 2.61 bits per heavy atom. The molecule has 0 spiro atoms. The minimum Gasteiger partial charge on any atom is -0.357 e. The number of rotatable bonds is 9. The number of hydrogen-bond acceptors (Lipinski definition) is 3. The van der Waals surface area contributed by atoms with Crippen molar-refractivity contribution < 1.29 is 4.79 Å². The van der Waals surface area contributed by atoms with E-state index in [2.05, 4.69) is 20.9 Å². The number of fused-ring (bicyclic) bond motifs is 1. The number of guanidine groups is 1. The summed E-state index contributed by atoms with van der Waals surface area (Å²) in [5, 5.41) is 3.28. The number of carbonyl (C=O) groups excluding carboxylic acids is 1. The molecule has 1 heterocycles. The Hall–Kier alpha value is -2.57. The quantitative estimate of drug-likeness (QED) is 0.409. The summed E-state index contributed by atoms with van der Waals surface area (Å²) in [6, 6.07) is 8.21. The summed E-state index contributed by atoms with van der Waals surface area (Å²) < 4.78 is 2.24. The van der Waals surface area contributed by atoms with Crippen LogP contribution in [-0.2, 0) is 11.3 Å². The first kappa shape index (κ1) is 21.7. The molecule has 0 saturated heterocycles. The summed E-state index contributed by atoms with van der Waals surface area (Å²) in [6.45, 7) is 12.2. The van der Waals surface area contributed by atoms with Crippen molar-refractivity contribution in [3.8, 4) is 0 Å². The van der Waals surface area contributed by atoms with Gasteiger partial charge >= 0.3 is 0 Å². The minimum absolute atomic E-state index is 0.124. The van der Waals surface area contributed by atoms with E-state index in [4.69, 9.17) is 4.99 Å². The van der Waals surface area contributed by atoms with E-state index in [1.165, 1.54) is 0 Å². The normalized spacial score (nSPS) is 11.7. The molecule has 0 aliphatic rings. The number of aromatic nitrogens is 2. The van der Waals surface area contributed by atoms with Crippen molar-refractivity contribution in [2.75, 3.05) is 39.8 Å². The fourth-order valence-electron chi connectivity index (χ4n) is 3.32. The zero-order chi connectivity index (χ0) is 20.5. The largest absolute Gasteiger partial charge is 0.357 e. The van der Waals surface area contributed by atoms with Gasteiger partial charge in [0.15, 0.2) is 5.96 Å². The fraction of sp³-hybridized carbons (Fsp3) is 0.571. The molecule has 28 heavy (non-hydrogen) atoms. The molecule has 0 aliphatic heterocycles. The van der Waals surface area contributed by atoms with E-state index >= 15 is 0 Å². The van der Waals surface area contributed by atoms with Crippen LogP contribution in [0.3, 0.4) is 0 Å². The second kappa shape index (κ2) is 10.7. The number of carbonyl (C=O) groups is 1. The van der Waals surface area contributed by atoms with E-state index < -0.39 is 0 Å². The lowest BCUT2D eigenvalue weighted by atomic mass is 10.3. The summed E-state index contributed by atoms with van der Waals surface area (Å²) in [7, 11) is 1.91. The minimum atomic E-state index is 0.124. The molecular formula is C21H34N6O. The van der Waals surface area contributed by atoms with Crippen molar-refractivity contribution in [1.82, 2.24) is 24.7 Å². The van der Waals surface area contributed by atoms with Gasteiger partial charge in [-0.05, 0) is 46.2 Å². The highest BCUT2D eigenvalue weighted by Crippen LogP contribution is 2.15. The van der Waals surface area contributed by atoms with Crippen molar-refractivity contribution in [2.24, 2.45) is 4.99 Å². The first-order valence-electron chi connectivity index (χ1n) is 10.2. The molecule has 154 valence electrons. The molecule has 7 heteroatoms. The zero-order valence-electron chi connectivity index (χ0n) is 17.9. The van der Waals surface area contributed by atoms with Gasteiger partial charge in [0.1, 0.15) is 5.82 Å². The Morgan fingerprint density at radius 1 is 1.21 bits per heavy atom. The van der Waals surface area contributed by atoms with Gasteiger partial charge in [0.25, 0.3) is 0 Å². The average Bonchev–Trinajstić information content (AvgIpc) is 3.00. The van der Waals surface area contributed by atoms with Gasteiger partial charge in [0.2, 0.25) is 5.91 Å². The summed E-state index contributed by atoms with van der Waals surface area (Å²) in [4.78, 5) is 25.4. The molecule has 0 fully saturated rings. The van der Waals surface area contributed by atoms with Gasteiger partial charge in [-0.1, -0.05) is 12.1 Å². The molecule has 0 radical (unpaired) electrons. The molecule has 0 aliphatic carbocycles. The molecule has 0 atom stereocenters. The highest BCUT2D eigenvalue weighted by atomic mass is 16.2. The Labute approximate surface area is 168 Å². The number of likely N-dealkylation sites (N-methyl/N-ethyl adjacent to an activating group) is 2. The number of aryl methyl sites for hydroxylation is 2. The van der Waals surface area contributed by atoms with Crippen molar-refractivity contribution >= 4 is 22.9 Å². The maximum Gasteiger partial charge on any atom is 0.242 e. The van der Waals surface area contributed by atoms with Crippen molar-refractivity contribution in [3.05, 3.63) is 30.1 Å². The third-order valence-corrected chi connectivity index (χ3v) is 4.83. The van der Waals surface area contributed by atoms with E-state index in [0.29, 0.717) is 13.1 Å². The lowest BCUT2D eigenvalue weighted by Gasteiger charge is -2.25. The van der Waals surface area contributed by atoms with E-state index in [0.717, 1.165) is 55.4 Å². The van der Waals surface area contributed by atoms with Gasteiger partial charge in [-0.3, -0.25) is 9.79 Å². The Morgan fingerprint density at radius 2 is 1.93 bits per heavy atom. The second-order valence-electron chi connectivity index (χ2n) is 6.81. The number of nitrogens with one attached hydrogen (secondary N) is 1. The standard InChI is InChI=1S/C21H34N6O/c1-6-22-21(25(5)16-20(28)26(7-2)8-3)23-14-11-15-27-17(4)24-18-12-9-10-13-19(18)27/h9-10,12-13H,6-8,11,14-16H2,1-5H3,(H,22,23). The van der Waals surface area contributed by atoms with Crippen molar-refractivity contribution in [2.45, 2.75) is 40.7 Å². The predicted octanol–water partition coefficient (Wildman–Crippen LogP) is 2.50. The lowest BCUT2D eigenvalue weighted by Crippen LogP contribution is -2.45. The maximum atomic E-state index is 12.4. The van der Waals surface area contributed by atoms with Crippen LogP contribution in [0.5, 0.6) is 0 Å². The maximum absolute atomic E-state index is 12.4. The lowest BCUT2D eigenvalue weighted by molar-refractivity contribution is -0.131. The van der Waals surface area contributed by atoms with Gasteiger partial charge < -0.3 is 19.7 Å². The van der Waals surface area contributed by atoms with Gasteiger partial charge in [-0.15, -0.1) is 0 Å². The fourth-order valence-corrected chi connectivity index (χ4v) is 3.32. The SMILES string of the molecule is CCNC(=NCCCn1c(C)nc2ccccc21)N(C)CC(=O)N(CC)CC. The molecule has 0 saturated carbocycles. The Kier molecular flexibility index (Phi) is 8.29. The smallest absolute Gasteiger partial charge is 0.242 e. The molecule has 2 rings (SSSR count). The van der Waals surface area contributed by atoms with Crippen LogP contribution in [0.15, 0.2) is 29.3 Å². The number of benzene rings is 1. The van der Waals surface area contributed by atoms with Crippen LogP contribution in [-0.4, -0.2) is 71.0 Å². The van der Waals surface area contributed by atoms with Crippen LogP contribution in [0.25, 0.3) is 11.0 Å². The van der Waals surface area contributed by atoms with Gasteiger partial charge in [0.05, 0.1) is 17.6 Å². The van der Waals surface area contributed by atoms with Crippen LogP contribution >= 0.6 is 0 Å². The monoisotopic (exact) mass is 386 g/mol. The first-order chi connectivity index (χ1) is 13.5. The van der Waals surface area contributed by atoms with Crippen molar-refractivity contribution in [1.29, 1.82) is 0 Å². The molecule has 2 aromatic rings. The number of aliphatic imine (C=N–C) groups is 1. The molecule has 0 bridgehead atoms. The van der Waals surface area contributed by atoms with Gasteiger partial charge in [0, 0.05) is 39.8 Å². The molecule has 1 aromatic heterocycles. The Bertz CT molecular complexity index is 793. The van der Waals surface area contributed by atoms with Crippen LogP contribution in [0, 0.1) is 6.92 Å². The third-order valence-electron chi connectivity index (χ3n) is 4.83. The van der Waals surface area contributed by atoms with Crippen LogP contribution in [0.2, 0.25) is 0 Å². The van der Waals surface area contributed by atoms with Gasteiger partial charge in [-0.2, -0.15) is 0 Å². The molecule has 0 unspecified atom stereocenters. The van der Waals surface area contributed by atoms with E-state index in [1.807, 2.05) is 62.7 Å². The molecule has 1 amide bonds. The summed E-state index contributed by atoms with van der Waals surface area (Å²) in [6.07, 6.45) is 0.911. The van der Waals surface area contributed by atoms with Crippen LogP contribution in [0.4, 0.5) is 0 Å². The molecule has 7 nitrogen and oxygen atoms in total. The summed E-state index contributed by atoms with van der Waals surface area (Å²) in [5.74, 6) is 1.92. The zero-order valence-corrected chi connectivity index (χ0v) is 17.9. The first-order valence-corrected chi connectivity index (χ1v) is 10.2. The summed E-state index contributed by atoms with van der Waals surface area (Å²) >= 11 is 0. The number of hydrogen-bond donors (Lipinski definition) is 1. The van der Waals surface area contributed by atoms with E-state index in [-0.39, 0.29) is 5.91 Å². The third kappa shape index (κ3) is 5.47. The highest BCUT2D eigenvalue weighted by molar-refractivity contribution is 5.86. The van der Waals surface area contributed by atoms with E-state index in [9.17, 15) is 4.79 Å². The summed E-state index contributed by atoms with van der Waals surface area (Å²) in [5.41, 5.74) is 2.20. The number of para-hydroxylation sites is 2. The second-order valence-corrected chi connectivity index (χ2v) is 6.81. The van der Waals surface area contributed by atoms with Gasteiger partial charge in [-0.25, -0.2) is 4.98 Å². The topological polar surface area (TPSA) is 65.8 Å². The van der Waals surface area contributed by atoms with Crippen LogP contribution < -0.4 is 5.32 Å². The number of amides is 1.